The van der Waals surface area contributed by atoms with Crippen LogP contribution in [0.1, 0.15) is 45.4 Å². The summed E-state index contributed by atoms with van der Waals surface area (Å²) < 4.78 is 4.83. The van der Waals surface area contributed by atoms with E-state index in [4.69, 9.17) is 4.74 Å². The third-order valence-corrected chi connectivity index (χ3v) is 5.47. The van der Waals surface area contributed by atoms with E-state index in [0.29, 0.717) is 0 Å². The van der Waals surface area contributed by atoms with Gasteiger partial charge in [0.1, 0.15) is 0 Å². The average molecular weight is 325 g/mol. The lowest BCUT2D eigenvalue weighted by molar-refractivity contribution is -0.146. The van der Waals surface area contributed by atoms with Gasteiger partial charge >= 0.3 is 5.97 Å². The number of carbonyl (C=O) groups is 1. The molecule has 1 saturated heterocycles. The predicted octanol–water partition coefficient (Wildman–Crippen LogP) is 1.39. The lowest BCUT2D eigenvalue weighted by Gasteiger charge is -2.40. The monoisotopic (exact) mass is 325 g/mol. The van der Waals surface area contributed by atoms with Crippen LogP contribution in [0.5, 0.6) is 0 Å². The zero-order chi connectivity index (χ0) is 16.9. The highest BCUT2D eigenvalue weighted by Crippen LogP contribution is 2.35. The fraction of sp³-hybridized carbons (Fsp3) is 0.882. The maximum absolute atomic E-state index is 11.6. The molecule has 0 aromatic rings. The maximum atomic E-state index is 11.6. The molecule has 0 bridgehead atoms. The van der Waals surface area contributed by atoms with Gasteiger partial charge in [0.2, 0.25) is 0 Å². The Morgan fingerprint density at radius 1 is 1.35 bits per heavy atom. The summed E-state index contributed by atoms with van der Waals surface area (Å²) in [6.07, 6.45) is 5.59. The smallest absolute Gasteiger partial charge is 0.308 e. The molecule has 6 nitrogen and oxygen atoms in total. The van der Waals surface area contributed by atoms with Crippen LogP contribution in [0, 0.1) is 11.3 Å². The van der Waals surface area contributed by atoms with Crippen LogP contribution >= 0.6 is 0 Å². The second-order valence-corrected chi connectivity index (χ2v) is 7.10. The van der Waals surface area contributed by atoms with Gasteiger partial charge in [0.05, 0.1) is 19.1 Å². The number of nitrogens with zero attached hydrogens (tertiary/aromatic N) is 2. The predicted molar refractivity (Wildman–Crippen MR) is 90.3 cm³/mol. The molecule has 6 heteroatoms. The third kappa shape index (κ3) is 4.37. The van der Waals surface area contributed by atoms with Crippen LogP contribution in [0.25, 0.3) is 0 Å². The highest BCUT2D eigenvalue weighted by atomic mass is 16.5. The van der Waals surface area contributed by atoms with E-state index >= 15 is 0 Å². The van der Waals surface area contributed by atoms with E-state index in [1.54, 1.807) is 7.05 Å². The molecule has 0 radical (unpaired) electrons. The lowest BCUT2D eigenvalue weighted by Crippen LogP contribution is -2.51. The second kappa shape index (κ2) is 7.99. The highest BCUT2D eigenvalue weighted by Gasteiger charge is 2.36. The Bertz CT molecular complexity index is 433. The largest absolute Gasteiger partial charge is 0.469 e. The Kier molecular flexibility index (Phi) is 6.27. The molecule has 23 heavy (non-hydrogen) atoms. The SMILES string of the molecule is CN=C(NCC1(C)CCCCC1O)N1CCC(C(=O)OC)CC1. The molecule has 132 valence electrons. The Balaban J connectivity index is 1.85. The number of carbonyl (C=O) groups excluding carboxylic acids is 1. The normalized spacial score (nSPS) is 30.2. The van der Waals surface area contributed by atoms with Crippen molar-refractivity contribution in [1.82, 2.24) is 10.2 Å². The van der Waals surface area contributed by atoms with Gasteiger partial charge in [-0.15, -0.1) is 0 Å². The standard InChI is InChI=1S/C17H31N3O3/c1-17(9-5-4-6-14(17)21)12-19-16(18-2)20-10-7-13(8-11-20)15(22)23-3/h13-14,21H,4-12H2,1-3H3,(H,18,19). The summed E-state index contributed by atoms with van der Waals surface area (Å²) in [5, 5.41) is 13.7. The quantitative estimate of drug-likeness (QED) is 0.466. The van der Waals surface area contributed by atoms with Gasteiger partial charge in [-0.25, -0.2) is 0 Å². The Morgan fingerprint density at radius 3 is 2.61 bits per heavy atom. The molecule has 2 fully saturated rings. The number of nitrogens with one attached hydrogen (secondary N) is 1. The third-order valence-electron chi connectivity index (χ3n) is 5.47. The molecule has 0 aromatic carbocycles. The molecular formula is C17H31N3O3. The van der Waals surface area contributed by atoms with Gasteiger partial charge in [-0.3, -0.25) is 9.79 Å². The highest BCUT2D eigenvalue weighted by molar-refractivity contribution is 5.80. The first-order valence-corrected chi connectivity index (χ1v) is 8.71. The summed E-state index contributed by atoms with van der Waals surface area (Å²) in [4.78, 5) is 18.2. The Hall–Kier alpha value is -1.30. The zero-order valence-corrected chi connectivity index (χ0v) is 14.7. The first-order chi connectivity index (χ1) is 11.0. The van der Waals surface area contributed by atoms with Crippen LogP contribution in [0.15, 0.2) is 4.99 Å². The molecule has 1 aliphatic heterocycles. The molecule has 2 rings (SSSR count). The number of likely N-dealkylation sites (tertiary alicyclic amines) is 1. The van der Waals surface area contributed by atoms with Crippen LogP contribution in [-0.2, 0) is 9.53 Å². The number of hydrogen-bond donors (Lipinski definition) is 2. The molecular weight excluding hydrogens is 294 g/mol. The van der Waals surface area contributed by atoms with Crippen molar-refractivity contribution in [2.45, 2.75) is 51.6 Å². The van der Waals surface area contributed by atoms with Gasteiger partial charge in [-0.05, 0) is 25.7 Å². The molecule has 2 unspecified atom stereocenters. The molecule has 2 aliphatic rings. The van der Waals surface area contributed by atoms with Crippen molar-refractivity contribution < 1.29 is 14.6 Å². The number of aliphatic hydroxyl groups is 1. The number of guanidine groups is 1. The molecule has 0 spiro atoms. The van der Waals surface area contributed by atoms with E-state index < -0.39 is 0 Å². The zero-order valence-electron chi connectivity index (χ0n) is 14.7. The summed E-state index contributed by atoms with van der Waals surface area (Å²) in [6, 6.07) is 0. The van der Waals surface area contributed by atoms with E-state index in [9.17, 15) is 9.90 Å². The number of hydrogen-bond acceptors (Lipinski definition) is 4. The van der Waals surface area contributed by atoms with E-state index in [1.165, 1.54) is 13.5 Å². The van der Waals surface area contributed by atoms with Crippen molar-refractivity contribution in [2.24, 2.45) is 16.3 Å². The summed E-state index contributed by atoms with van der Waals surface area (Å²) in [5.41, 5.74) is -0.0848. The molecule has 2 N–H and O–H groups in total. The summed E-state index contributed by atoms with van der Waals surface area (Å²) in [5.74, 6) is 0.768. The van der Waals surface area contributed by atoms with Crippen LogP contribution < -0.4 is 5.32 Å². The van der Waals surface area contributed by atoms with E-state index in [1.807, 2.05) is 0 Å². The maximum Gasteiger partial charge on any atom is 0.308 e. The lowest BCUT2D eigenvalue weighted by atomic mass is 9.73. The average Bonchev–Trinajstić information content (AvgIpc) is 2.58. The van der Waals surface area contributed by atoms with Crippen LogP contribution in [0.2, 0.25) is 0 Å². The fourth-order valence-electron chi connectivity index (χ4n) is 3.69. The van der Waals surface area contributed by atoms with Gasteiger partial charge < -0.3 is 20.1 Å². The fourth-order valence-corrected chi connectivity index (χ4v) is 3.69. The minimum absolute atomic E-state index is 0.00652. The van der Waals surface area contributed by atoms with Gasteiger partial charge in [0, 0.05) is 32.1 Å². The number of rotatable bonds is 3. The van der Waals surface area contributed by atoms with Crippen molar-refractivity contribution in [1.29, 1.82) is 0 Å². The number of piperidine rings is 1. The minimum atomic E-state index is -0.244. The van der Waals surface area contributed by atoms with Crippen molar-refractivity contribution in [3.63, 3.8) is 0 Å². The molecule has 1 heterocycles. The first kappa shape index (κ1) is 18.0. The van der Waals surface area contributed by atoms with E-state index in [2.05, 4.69) is 22.1 Å². The molecule has 0 aromatic heterocycles. The van der Waals surface area contributed by atoms with E-state index in [0.717, 1.165) is 57.7 Å². The number of methoxy groups -OCH3 is 1. The topological polar surface area (TPSA) is 74.2 Å². The van der Waals surface area contributed by atoms with Gasteiger partial charge in [0.15, 0.2) is 5.96 Å². The van der Waals surface area contributed by atoms with Crippen LogP contribution in [-0.4, -0.2) is 61.8 Å². The number of aliphatic hydroxyl groups excluding tert-OH is 1. The van der Waals surface area contributed by atoms with Crippen molar-refractivity contribution in [3.05, 3.63) is 0 Å². The van der Waals surface area contributed by atoms with Crippen LogP contribution in [0.3, 0.4) is 0 Å². The summed E-state index contributed by atoms with van der Waals surface area (Å²) in [7, 11) is 3.24. The second-order valence-electron chi connectivity index (χ2n) is 7.10. The van der Waals surface area contributed by atoms with Gasteiger partial charge in [-0.1, -0.05) is 19.8 Å². The molecule has 2 atom stereocenters. The Morgan fingerprint density at radius 2 is 2.04 bits per heavy atom. The number of ether oxygens (including phenoxy) is 1. The molecule has 0 amide bonds. The van der Waals surface area contributed by atoms with Crippen molar-refractivity contribution in [2.75, 3.05) is 33.8 Å². The summed E-state index contributed by atoms with van der Waals surface area (Å²) in [6.45, 7) is 4.50. The molecule has 1 saturated carbocycles. The van der Waals surface area contributed by atoms with Crippen molar-refractivity contribution in [3.8, 4) is 0 Å². The number of aliphatic imine (C=N–C) groups is 1. The first-order valence-electron chi connectivity index (χ1n) is 8.71. The van der Waals surface area contributed by atoms with E-state index in [-0.39, 0.29) is 23.4 Å². The van der Waals surface area contributed by atoms with Gasteiger partial charge in [-0.2, -0.15) is 0 Å². The summed E-state index contributed by atoms with van der Waals surface area (Å²) >= 11 is 0. The molecule has 1 aliphatic carbocycles. The van der Waals surface area contributed by atoms with Crippen LogP contribution in [0.4, 0.5) is 0 Å². The minimum Gasteiger partial charge on any atom is -0.469 e. The van der Waals surface area contributed by atoms with Crippen molar-refractivity contribution >= 4 is 11.9 Å². The number of esters is 1. The Labute approximate surface area is 139 Å². The van der Waals surface area contributed by atoms with Gasteiger partial charge in [0.25, 0.3) is 0 Å².